The summed E-state index contributed by atoms with van der Waals surface area (Å²) in [5.74, 6) is -0.0869. The maximum absolute atomic E-state index is 12.5. The highest BCUT2D eigenvalue weighted by atomic mass is 16.2. The molecule has 9 heteroatoms. The van der Waals surface area contributed by atoms with Gasteiger partial charge in [-0.2, -0.15) is 5.10 Å². The maximum atomic E-state index is 12.5. The fourth-order valence-electron chi connectivity index (χ4n) is 3.15. The van der Waals surface area contributed by atoms with Crippen LogP contribution in [-0.4, -0.2) is 31.1 Å². The fourth-order valence-corrected chi connectivity index (χ4v) is 3.15. The average molecular weight is 394 g/mol. The van der Waals surface area contributed by atoms with Crippen LogP contribution in [0.15, 0.2) is 41.6 Å². The van der Waals surface area contributed by atoms with Gasteiger partial charge in [0, 0.05) is 18.7 Å². The minimum absolute atomic E-state index is 0.0590. The number of fused-ring (bicyclic) bond motifs is 1. The summed E-state index contributed by atoms with van der Waals surface area (Å²) in [5, 5.41) is 10.2. The SMILES string of the molecule is CC(NC(=O)Cn1cnc2c(cnn2C)c1=O)c1ccc(NC(=O)C2CC2)cc1. The Morgan fingerprint density at radius 1 is 1.24 bits per heavy atom. The molecule has 2 amide bonds. The highest BCUT2D eigenvalue weighted by Gasteiger charge is 2.29. The van der Waals surface area contributed by atoms with E-state index in [0.717, 1.165) is 24.1 Å². The van der Waals surface area contributed by atoms with E-state index >= 15 is 0 Å². The summed E-state index contributed by atoms with van der Waals surface area (Å²) in [7, 11) is 1.70. The van der Waals surface area contributed by atoms with E-state index in [4.69, 9.17) is 0 Å². The van der Waals surface area contributed by atoms with Gasteiger partial charge in [-0.15, -0.1) is 0 Å². The van der Waals surface area contributed by atoms with Gasteiger partial charge in [0.25, 0.3) is 5.56 Å². The van der Waals surface area contributed by atoms with Crippen LogP contribution in [0.2, 0.25) is 0 Å². The molecule has 1 saturated carbocycles. The van der Waals surface area contributed by atoms with Crippen molar-refractivity contribution in [2.24, 2.45) is 13.0 Å². The van der Waals surface area contributed by atoms with Crippen molar-refractivity contribution in [2.75, 3.05) is 5.32 Å². The van der Waals surface area contributed by atoms with Crippen molar-refractivity contribution in [2.45, 2.75) is 32.4 Å². The van der Waals surface area contributed by atoms with Gasteiger partial charge in [0.05, 0.1) is 12.2 Å². The number of benzene rings is 1. The molecule has 0 radical (unpaired) electrons. The van der Waals surface area contributed by atoms with Gasteiger partial charge in [-0.25, -0.2) is 4.98 Å². The molecule has 1 aliphatic rings. The molecule has 3 aromatic rings. The molecule has 2 heterocycles. The number of carbonyl (C=O) groups excluding carboxylic acids is 2. The van der Waals surface area contributed by atoms with E-state index < -0.39 is 0 Å². The first kappa shape index (κ1) is 18.9. The number of aryl methyl sites for hydroxylation is 1. The minimum Gasteiger partial charge on any atom is -0.348 e. The molecule has 150 valence electrons. The third-order valence-corrected chi connectivity index (χ3v) is 5.04. The first-order valence-corrected chi connectivity index (χ1v) is 9.49. The second-order valence-corrected chi connectivity index (χ2v) is 7.36. The molecule has 0 spiro atoms. The predicted octanol–water partition coefficient (Wildman–Crippen LogP) is 1.36. The number of anilines is 1. The van der Waals surface area contributed by atoms with Gasteiger partial charge < -0.3 is 10.6 Å². The third-order valence-electron chi connectivity index (χ3n) is 5.04. The molecule has 0 bridgehead atoms. The molecule has 29 heavy (non-hydrogen) atoms. The van der Waals surface area contributed by atoms with E-state index in [1.54, 1.807) is 7.05 Å². The summed E-state index contributed by atoms with van der Waals surface area (Å²) in [6.45, 7) is 1.73. The van der Waals surface area contributed by atoms with Crippen molar-refractivity contribution in [3.05, 3.63) is 52.7 Å². The van der Waals surface area contributed by atoms with Gasteiger partial charge in [-0.3, -0.25) is 23.6 Å². The molecule has 0 aliphatic heterocycles. The van der Waals surface area contributed by atoms with Crippen LogP contribution in [0.4, 0.5) is 5.69 Å². The predicted molar refractivity (Wildman–Crippen MR) is 107 cm³/mol. The molecule has 1 fully saturated rings. The molecule has 2 aromatic heterocycles. The number of hydrogen-bond acceptors (Lipinski definition) is 5. The monoisotopic (exact) mass is 394 g/mol. The maximum Gasteiger partial charge on any atom is 0.264 e. The summed E-state index contributed by atoms with van der Waals surface area (Å²) in [4.78, 5) is 40.9. The summed E-state index contributed by atoms with van der Waals surface area (Å²) in [6, 6.07) is 7.12. The van der Waals surface area contributed by atoms with Crippen LogP contribution in [0.25, 0.3) is 11.0 Å². The molecule has 9 nitrogen and oxygen atoms in total. The first-order valence-electron chi connectivity index (χ1n) is 9.49. The van der Waals surface area contributed by atoms with E-state index in [0.29, 0.717) is 11.0 Å². The molecule has 1 atom stereocenters. The van der Waals surface area contributed by atoms with E-state index in [2.05, 4.69) is 20.7 Å². The molecular weight excluding hydrogens is 372 g/mol. The fraction of sp³-hybridized carbons (Fsp3) is 0.350. The summed E-state index contributed by atoms with van der Waals surface area (Å²) >= 11 is 0. The smallest absolute Gasteiger partial charge is 0.264 e. The van der Waals surface area contributed by atoms with Crippen LogP contribution < -0.4 is 16.2 Å². The van der Waals surface area contributed by atoms with Crippen molar-refractivity contribution in [3.8, 4) is 0 Å². The third kappa shape index (κ3) is 4.03. The topological polar surface area (TPSA) is 111 Å². The van der Waals surface area contributed by atoms with Gasteiger partial charge in [-0.05, 0) is 37.5 Å². The Kier molecular flexibility index (Phi) is 4.87. The van der Waals surface area contributed by atoms with Gasteiger partial charge >= 0.3 is 0 Å². The quantitative estimate of drug-likeness (QED) is 0.656. The Bertz CT molecular complexity index is 1130. The zero-order valence-corrected chi connectivity index (χ0v) is 16.3. The Morgan fingerprint density at radius 3 is 2.66 bits per heavy atom. The molecule has 0 saturated heterocycles. The van der Waals surface area contributed by atoms with Crippen LogP contribution in [0.1, 0.15) is 31.4 Å². The lowest BCUT2D eigenvalue weighted by Crippen LogP contribution is -2.33. The molecule has 1 aromatic carbocycles. The van der Waals surface area contributed by atoms with E-state index in [1.165, 1.54) is 21.8 Å². The zero-order valence-electron chi connectivity index (χ0n) is 16.3. The molecule has 2 N–H and O–H groups in total. The number of carbonyl (C=O) groups is 2. The zero-order chi connectivity index (χ0) is 20.5. The van der Waals surface area contributed by atoms with Gasteiger partial charge in [0.15, 0.2) is 5.65 Å². The normalized spacial score (nSPS) is 14.6. The Balaban J connectivity index is 1.38. The first-order chi connectivity index (χ1) is 13.9. The average Bonchev–Trinajstić information content (AvgIpc) is 3.48. The van der Waals surface area contributed by atoms with Gasteiger partial charge in [0.1, 0.15) is 18.3 Å². The summed E-state index contributed by atoms with van der Waals surface area (Å²) < 4.78 is 2.78. The number of nitrogens with one attached hydrogen (secondary N) is 2. The highest BCUT2D eigenvalue weighted by molar-refractivity contribution is 5.94. The lowest BCUT2D eigenvalue weighted by molar-refractivity contribution is -0.122. The second-order valence-electron chi connectivity index (χ2n) is 7.36. The lowest BCUT2D eigenvalue weighted by Gasteiger charge is -2.15. The number of nitrogens with zero attached hydrogens (tertiary/aromatic N) is 4. The number of aromatic nitrogens is 4. The largest absolute Gasteiger partial charge is 0.348 e. The molecule has 1 aliphatic carbocycles. The number of hydrogen-bond donors (Lipinski definition) is 2. The molecule has 1 unspecified atom stereocenters. The Hall–Kier alpha value is -3.49. The van der Waals surface area contributed by atoms with Crippen molar-refractivity contribution in [3.63, 3.8) is 0 Å². The van der Waals surface area contributed by atoms with Crippen LogP contribution in [0.3, 0.4) is 0 Å². The summed E-state index contributed by atoms with van der Waals surface area (Å²) in [5.41, 5.74) is 1.82. The lowest BCUT2D eigenvalue weighted by atomic mass is 10.1. The second kappa shape index (κ2) is 7.50. The van der Waals surface area contributed by atoms with Crippen LogP contribution >= 0.6 is 0 Å². The van der Waals surface area contributed by atoms with E-state index in [1.807, 2.05) is 31.2 Å². The van der Waals surface area contributed by atoms with E-state index in [9.17, 15) is 14.4 Å². The van der Waals surface area contributed by atoms with Crippen molar-refractivity contribution in [1.82, 2.24) is 24.6 Å². The minimum atomic E-state index is -0.304. The number of amides is 2. The van der Waals surface area contributed by atoms with Gasteiger partial charge in [-0.1, -0.05) is 12.1 Å². The van der Waals surface area contributed by atoms with Crippen LogP contribution in [0.5, 0.6) is 0 Å². The van der Waals surface area contributed by atoms with Crippen molar-refractivity contribution < 1.29 is 9.59 Å². The standard InChI is InChI=1S/C20H22N6O3/c1-12(13-5-7-15(8-6-13)24-19(28)14-3-4-14)23-17(27)10-26-11-21-18-16(20(26)29)9-22-25(18)2/h5-9,11-12,14H,3-4,10H2,1-2H3,(H,23,27)(H,24,28). The van der Waals surface area contributed by atoms with Gasteiger partial charge in [0.2, 0.25) is 11.8 Å². The van der Waals surface area contributed by atoms with E-state index in [-0.39, 0.29) is 35.9 Å². The Labute approximate surface area is 166 Å². The van der Waals surface area contributed by atoms with Crippen molar-refractivity contribution >= 4 is 28.5 Å². The number of rotatable bonds is 6. The Morgan fingerprint density at radius 2 is 1.97 bits per heavy atom. The highest BCUT2D eigenvalue weighted by Crippen LogP contribution is 2.30. The van der Waals surface area contributed by atoms with Crippen LogP contribution in [-0.2, 0) is 23.2 Å². The molecular formula is C20H22N6O3. The van der Waals surface area contributed by atoms with Crippen molar-refractivity contribution in [1.29, 1.82) is 0 Å². The summed E-state index contributed by atoms with van der Waals surface area (Å²) in [6.07, 6.45) is 4.72. The molecule has 4 rings (SSSR count). The van der Waals surface area contributed by atoms with Crippen LogP contribution in [0, 0.1) is 5.92 Å².